The second-order valence-corrected chi connectivity index (χ2v) is 9.94. The molecule has 1 aromatic carbocycles. The number of hydrogen-bond acceptors (Lipinski definition) is 6. The van der Waals surface area contributed by atoms with E-state index in [2.05, 4.69) is 34.6 Å². The van der Waals surface area contributed by atoms with Crippen LogP contribution in [0.25, 0.3) is 10.4 Å². The van der Waals surface area contributed by atoms with Crippen LogP contribution in [0, 0.1) is 12.8 Å². The maximum Gasteiger partial charge on any atom is 0.243 e. The molecule has 2 aliphatic rings. The first-order valence-electron chi connectivity index (χ1n) is 10.8. The van der Waals surface area contributed by atoms with Crippen molar-refractivity contribution in [2.45, 2.75) is 63.8 Å². The van der Waals surface area contributed by atoms with E-state index in [1.54, 1.807) is 11.3 Å². The van der Waals surface area contributed by atoms with E-state index in [1.807, 2.05) is 26.3 Å². The van der Waals surface area contributed by atoms with Gasteiger partial charge < -0.3 is 21.1 Å². The summed E-state index contributed by atoms with van der Waals surface area (Å²) in [6, 6.07) is 6.88. The fourth-order valence-corrected chi connectivity index (χ4v) is 5.04. The van der Waals surface area contributed by atoms with E-state index in [1.165, 1.54) is 4.90 Å². The Hall–Kier alpha value is -2.29. The van der Waals surface area contributed by atoms with Gasteiger partial charge in [-0.15, -0.1) is 11.3 Å². The fraction of sp³-hybridized carbons (Fsp3) is 0.522. The molecule has 2 aromatic rings. The van der Waals surface area contributed by atoms with Gasteiger partial charge >= 0.3 is 0 Å². The van der Waals surface area contributed by atoms with Crippen LogP contribution >= 0.6 is 11.3 Å². The SMILES string of the molecule is Cc1ncsc1-c1ccc(C2(NC(=O)[C@@H]3C[C@@H](O)CN3C(=O)[C@@H](N)C(C)C)CC2)cc1. The number of carbonyl (C=O) groups is 2. The Bertz CT molecular complexity index is 967. The zero-order chi connectivity index (χ0) is 22.3. The minimum atomic E-state index is -0.712. The van der Waals surface area contributed by atoms with Crippen molar-refractivity contribution in [1.82, 2.24) is 15.2 Å². The third kappa shape index (κ3) is 4.24. The van der Waals surface area contributed by atoms with E-state index in [4.69, 9.17) is 5.73 Å². The molecule has 8 heteroatoms. The Morgan fingerprint density at radius 1 is 1.29 bits per heavy atom. The first-order valence-corrected chi connectivity index (χ1v) is 11.7. The number of β-amino-alcohol motifs (C(OH)–C–C–N with tert-alkyl or cyclic N) is 1. The summed E-state index contributed by atoms with van der Waals surface area (Å²) in [5.74, 6) is -0.536. The van der Waals surface area contributed by atoms with Crippen LogP contribution in [0.15, 0.2) is 29.8 Å². The molecule has 0 radical (unpaired) electrons. The first kappa shape index (κ1) is 21.9. The van der Waals surface area contributed by atoms with Crippen LogP contribution in [-0.2, 0) is 15.1 Å². The van der Waals surface area contributed by atoms with Crippen LogP contribution in [0.2, 0.25) is 0 Å². The van der Waals surface area contributed by atoms with E-state index in [0.717, 1.165) is 34.5 Å². The molecule has 1 aliphatic heterocycles. The van der Waals surface area contributed by atoms with E-state index < -0.39 is 23.7 Å². The monoisotopic (exact) mass is 442 g/mol. The number of aryl methyl sites for hydroxylation is 1. The number of aromatic nitrogens is 1. The highest BCUT2D eigenvalue weighted by Crippen LogP contribution is 2.46. The molecule has 1 aromatic heterocycles. The summed E-state index contributed by atoms with van der Waals surface area (Å²) in [6.07, 6.45) is 1.23. The van der Waals surface area contributed by atoms with Gasteiger partial charge in [-0.1, -0.05) is 38.1 Å². The van der Waals surface area contributed by atoms with E-state index >= 15 is 0 Å². The minimum Gasteiger partial charge on any atom is -0.391 e. The second kappa shape index (κ2) is 8.33. The molecule has 4 N–H and O–H groups in total. The Morgan fingerprint density at radius 2 is 1.97 bits per heavy atom. The van der Waals surface area contributed by atoms with Crippen molar-refractivity contribution in [3.8, 4) is 10.4 Å². The number of hydrogen-bond donors (Lipinski definition) is 3. The lowest BCUT2D eigenvalue weighted by Gasteiger charge is -2.29. The van der Waals surface area contributed by atoms with Gasteiger partial charge in [0.1, 0.15) is 6.04 Å². The molecule has 0 spiro atoms. The molecule has 7 nitrogen and oxygen atoms in total. The maximum atomic E-state index is 13.2. The Labute approximate surface area is 186 Å². The molecule has 1 saturated carbocycles. The quantitative estimate of drug-likeness (QED) is 0.635. The highest BCUT2D eigenvalue weighted by atomic mass is 32.1. The highest BCUT2D eigenvalue weighted by Gasteiger charge is 2.49. The van der Waals surface area contributed by atoms with Crippen molar-refractivity contribution in [3.63, 3.8) is 0 Å². The van der Waals surface area contributed by atoms with Gasteiger partial charge in [-0.3, -0.25) is 9.59 Å². The molecule has 3 atom stereocenters. The lowest BCUT2D eigenvalue weighted by atomic mass is 10.0. The van der Waals surface area contributed by atoms with Crippen molar-refractivity contribution >= 4 is 23.2 Å². The summed E-state index contributed by atoms with van der Waals surface area (Å²) in [5.41, 5.74) is 10.7. The van der Waals surface area contributed by atoms with Gasteiger partial charge in [-0.25, -0.2) is 4.98 Å². The number of aliphatic hydroxyl groups is 1. The summed E-state index contributed by atoms with van der Waals surface area (Å²) in [5, 5.41) is 13.3. The van der Waals surface area contributed by atoms with Gasteiger partial charge in [-0.2, -0.15) is 0 Å². The van der Waals surface area contributed by atoms with Gasteiger partial charge in [-0.05, 0) is 36.8 Å². The van der Waals surface area contributed by atoms with E-state index in [9.17, 15) is 14.7 Å². The second-order valence-electron chi connectivity index (χ2n) is 9.08. The number of nitrogens with one attached hydrogen (secondary N) is 1. The van der Waals surface area contributed by atoms with Crippen LogP contribution in [0.1, 0.15) is 44.4 Å². The number of thiazole rings is 1. The summed E-state index contributed by atoms with van der Waals surface area (Å²) < 4.78 is 0. The largest absolute Gasteiger partial charge is 0.391 e. The number of likely N-dealkylation sites (tertiary alicyclic amines) is 1. The molecule has 1 aliphatic carbocycles. The average Bonchev–Trinajstić information content (AvgIpc) is 3.21. The third-order valence-electron chi connectivity index (χ3n) is 6.43. The predicted molar refractivity (Wildman–Crippen MR) is 120 cm³/mol. The number of carbonyl (C=O) groups excluding carboxylic acids is 2. The van der Waals surface area contributed by atoms with Crippen LogP contribution < -0.4 is 11.1 Å². The molecular weight excluding hydrogens is 412 g/mol. The number of benzene rings is 1. The van der Waals surface area contributed by atoms with Crippen molar-refractivity contribution < 1.29 is 14.7 Å². The topological polar surface area (TPSA) is 109 Å². The minimum absolute atomic E-state index is 0.0376. The summed E-state index contributed by atoms with van der Waals surface area (Å²) in [4.78, 5) is 32.9. The lowest BCUT2D eigenvalue weighted by Crippen LogP contribution is -2.54. The number of amides is 2. The number of nitrogens with two attached hydrogens (primary N) is 1. The number of nitrogens with zero attached hydrogens (tertiary/aromatic N) is 2. The molecule has 0 bridgehead atoms. The van der Waals surface area contributed by atoms with Crippen molar-refractivity contribution in [3.05, 3.63) is 41.0 Å². The Kier molecular flexibility index (Phi) is 5.89. The molecular formula is C23H30N4O3S. The van der Waals surface area contributed by atoms with Crippen LogP contribution in [0.5, 0.6) is 0 Å². The first-order chi connectivity index (χ1) is 14.7. The van der Waals surface area contributed by atoms with Crippen LogP contribution in [-0.4, -0.2) is 51.5 Å². The van der Waals surface area contributed by atoms with Crippen LogP contribution in [0.4, 0.5) is 0 Å². The van der Waals surface area contributed by atoms with Crippen LogP contribution in [0.3, 0.4) is 0 Å². The number of rotatable bonds is 6. The fourth-order valence-electron chi connectivity index (χ4n) is 4.23. The normalized spacial score (nSPS) is 23.1. The zero-order valence-electron chi connectivity index (χ0n) is 18.2. The summed E-state index contributed by atoms with van der Waals surface area (Å²) >= 11 is 1.61. The zero-order valence-corrected chi connectivity index (χ0v) is 19.0. The molecule has 1 saturated heterocycles. The molecule has 2 amide bonds. The third-order valence-corrected chi connectivity index (χ3v) is 7.40. The molecule has 2 heterocycles. The summed E-state index contributed by atoms with van der Waals surface area (Å²) in [6.45, 7) is 5.89. The smallest absolute Gasteiger partial charge is 0.243 e. The summed E-state index contributed by atoms with van der Waals surface area (Å²) in [7, 11) is 0. The molecule has 0 unspecified atom stereocenters. The highest BCUT2D eigenvalue weighted by molar-refractivity contribution is 7.13. The molecule has 166 valence electrons. The van der Waals surface area contributed by atoms with Gasteiger partial charge in [0.25, 0.3) is 0 Å². The van der Waals surface area contributed by atoms with E-state index in [0.29, 0.717) is 0 Å². The number of aliphatic hydroxyl groups excluding tert-OH is 1. The van der Waals surface area contributed by atoms with Crippen molar-refractivity contribution in [2.24, 2.45) is 11.7 Å². The Balaban J connectivity index is 1.48. The van der Waals surface area contributed by atoms with Crippen molar-refractivity contribution in [2.75, 3.05) is 6.54 Å². The van der Waals surface area contributed by atoms with Gasteiger partial charge in [0, 0.05) is 13.0 Å². The maximum absolute atomic E-state index is 13.2. The Morgan fingerprint density at radius 3 is 2.52 bits per heavy atom. The predicted octanol–water partition coefficient (Wildman–Crippen LogP) is 2.17. The lowest BCUT2D eigenvalue weighted by molar-refractivity contribution is -0.140. The van der Waals surface area contributed by atoms with E-state index in [-0.39, 0.29) is 30.7 Å². The van der Waals surface area contributed by atoms with Gasteiger partial charge in [0.15, 0.2) is 0 Å². The molecule has 2 fully saturated rings. The standard InChI is InChI=1S/C23H30N4O3S/c1-13(2)19(24)22(30)27-11-17(28)10-18(27)21(29)26-23(8-9-23)16-6-4-15(5-7-16)20-14(3)25-12-31-20/h4-7,12-13,17-19,28H,8-11,24H2,1-3H3,(H,26,29)/t17-,18+,19+/m1/s1. The average molecular weight is 443 g/mol. The molecule has 31 heavy (non-hydrogen) atoms. The van der Waals surface area contributed by atoms with Gasteiger partial charge in [0.05, 0.1) is 33.8 Å². The van der Waals surface area contributed by atoms with Crippen molar-refractivity contribution in [1.29, 1.82) is 0 Å². The van der Waals surface area contributed by atoms with Gasteiger partial charge in [0.2, 0.25) is 11.8 Å². The molecule has 4 rings (SSSR count).